The summed E-state index contributed by atoms with van der Waals surface area (Å²) >= 11 is 0. The van der Waals surface area contributed by atoms with Gasteiger partial charge in [0.1, 0.15) is 5.82 Å². The summed E-state index contributed by atoms with van der Waals surface area (Å²) in [6.07, 6.45) is 5.75. The fourth-order valence-electron chi connectivity index (χ4n) is 2.40. The number of pyridine rings is 1. The molecule has 0 unspecified atom stereocenters. The van der Waals surface area contributed by atoms with Gasteiger partial charge in [-0.05, 0) is 18.9 Å². The van der Waals surface area contributed by atoms with Crippen molar-refractivity contribution < 1.29 is 5.11 Å². The first-order chi connectivity index (χ1) is 7.59. The molecule has 1 aliphatic carbocycles. The van der Waals surface area contributed by atoms with Crippen molar-refractivity contribution in [3.8, 4) is 0 Å². The summed E-state index contributed by atoms with van der Waals surface area (Å²) in [7, 11) is 1.98. The Labute approximate surface area is 96.1 Å². The summed E-state index contributed by atoms with van der Waals surface area (Å²) in [5.41, 5.74) is 6.12. The molecule has 16 heavy (non-hydrogen) atoms. The molecule has 1 aromatic rings. The number of rotatable bonds is 3. The number of aliphatic hydroxyl groups is 1. The number of aromatic nitrogens is 1. The van der Waals surface area contributed by atoms with E-state index >= 15 is 0 Å². The molecule has 3 N–H and O–H groups in total. The molecule has 0 bridgehead atoms. The maximum atomic E-state index is 10.3. The van der Waals surface area contributed by atoms with Crippen LogP contribution in [0.15, 0.2) is 18.3 Å². The summed E-state index contributed by atoms with van der Waals surface area (Å²) < 4.78 is 0. The predicted molar refractivity (Wildman–Crippen MR) is 65.3 cm³/mol. The molecule has 4 nitrogen and oxygen atoms in total. The molecule has 0 aromatic carbocycles. The molecule has 2 rings (SSSR count). The Bertz CT molecular complexity index is 361. The van der Waals surface area contributed by atoms with Gasteiger partial charge in [-0.1, -0.05) is 12.8 Å². The molecule has 0 aliphatic heterocycles. The van der Waals surface area contributed by atoms with E-state index < -0.39 is 5.60 Å². The average Bonchev–Trinajstić information content (AvgIpc) is 2.65. The summed E-state index contributed by atoms with van der Waals surface area (Å²) in [4.78, 5) is 6.00. The van der Waals surface area contributed by atoms with E-state index in [0.29, 0.717) is 12.4 Å². The second-order valence-corrected chi connectivity index (χ2v) is 4.73. The smallest absolute Gasteiger partial charge is 0.125 e. The SMILES string of the molecule is CN(CC1(O)CCCC1)c1ccnc(N)c1. The average molecular weight is 221 g/mol. The molecule has 1 fully saturated rings. The van der Waals surface area contributed by atoms with Crippen molar-refractivity contribution in [3.05, 3.63) is 18.3 Å². The molecular weight excluding hydrogens is 202 g/mol. The number of likely N-dealkylation sites (N-methyl/N-ethyl adjacent to an activating group) is 1. The number of hydrogen-bond acceptors (Lipinski definition) is 4. The Morgan fingerprint density at radius 3 is 2.81 bits per heavy atom. The minimum absolute atomic E-state index is 0.516. The quantitative estimate of drug-likeness (QED) is 0.810. The summed E-state index contributed by atoms with van der Waals surface area (Å²) in [5.74, 6) is 0.516. The molecule has 0 saturated heterocycles. The van der Waals surface area contributed by atoms with Gasteiger partial charge in [0.05, 0.1) is 5.60 Å². The Hall–Kier alpha value is -1.29. The first-order valence-electron chi connectivity index (χ1n) is 5.74. The Kier molecular flexibility index (Phi) is 3.01. The number of anilines is 2. The van der Waals surface area contributed by atoms with Gasteiger partial charge in [0.25, 0.3) is 0 Å². The standard InChI is InChI=1S/C12H19N3O/c1-15(9-12(16)5-2-3-6-12)10-4-7-14-11(13)8-10/h4,7-8,16H,2-3,5-6,9H2,1H3,(H2,13,14). The highest BCUT2D eigenvalue weighted by Crippen LogP contribution is 2.31. The molecule has 0 spiro atoms. The van der Waals surface area contributed by atoms with Gasteiger partial charge in [0.15, 0.2) is 0 Å². The second-order valence-electron chi connectivity index (χ2n) is 4.73. The van der Waals surface area contributed by atoms with E-state index in [1.807, 2.05) is 24.1 Å². The Morgan fingerprint density at radius 2 is 2.19 bits per heavy atom. The van der Waals surface area contributed by atoms with Gasteiger partial charge in [0, 0.05) is 31.5 Å². The van der Waals surface area contributed by atoms with Crippen molar-refractivity contribution >= 4 is 11.5 Å². The van der Waals surface area contributed by atoms with Gasteiger partial charge < -0.3 is 15.7 Å². The van der Waals surface area contributed by atoms with E-state index in [4.69, 9.17) is 5.73 Å². The van der Waals surface area contributed by atoms with Gasteiger partial charge in [-0.15, -0.1) is 0 Å². The third-order valence-corrected chi connectivity index (χ3v) is 3.27. The van der Waals surface area contributed by atoms with Gasteiger partial charge in [0.2, 0.25) is 0 Å². The van der Waals surface area contributed by atoms with Crippen LogP contribution in [0.25, 0.3) is 0 Å². The molecule has 4 heteroatoms. The monoisotopic (exact) mass is 221 g/mol. The van der Waals surface area contributed by atoms with E-state index in [2.05, 4.69) is 4.98 Å². The fraction of sp³-hybridized carbons (Fsp3) is 0.583. The van der Waals surface area contributed by atoms with Crippen molar-refractivity contribution in [2.75, 3.05) is 24.2 Å². The highest BCUT2D eigenvalue weighted by molar-refractivity contribution is 5.51. The summed E-state index contributed by atoms with van der Waals surface area (Å²) in [5, 5.41) is 10.3. The minimum Gasteiger partial charge on any atom is -0.388 e. The first kappa shape index (κ1) is 11.2. The highest BCUT2D eigenvalue weighted by atomic mass is 16.3. The largest absolute Gasteiger partial charge is 0.388 e. The maximum absolute atomic E-state index is 10.3. The van der Waals surface area contributed by atoms with Crippen LogP contribution in [-0.2, 0) is 0 Å². The zero-order chi connectivity index (χ0) is 11.6. The van der Waals surface area contributed by atoms with Crippen molar-refractivity contribution in [3.63, 3.8) is 0 Å². The lowest BCUT2D eigenvalue weighted by molar-refractivity contribution is 0.0559. The molecule has 88 valence electrons. The number of nitrogen functional groups attached to an aromatic ring is 1. The lowest BCUT2D eigenvalue weighted by atomic mass is 10.0. The second kappa shape index (κ2) is 4.29. The lowest BCUT2D eigenvalue weighted by Crippen LogP contribution is -2.39. The Morgan fingerprint density at radius 1 is 1.50 bits per heavy atom. The van der Waals surface area contributed by atoms with E-state index in [9.17, 15) is 5.11 Å². The molecule has 1 heterocycles. The van der Waals surface area contributed by atoms with Crippen LogP contribution in [0.2, 0.25) is 0 Å². The molecule has 1 aliphatic rings. The van der Waals surface area contributed by atoms with E-state index in [1.54, 1.807) is 6.20 Å². The first-order valence-corrected chi connectivity index (χ1v) is 5.74. The number of hydrogen-bond donors (Lipinski definition) is 2. The van der Waals surface area contributed by atoms with Gasteiger partial charge in [-0.25, -0.2) is 4.98 Å². The zero-order valence-corrected chi connectivity index (χ0v) is 9.69. The van der Waals surface area contributed by atoms with Crippen molar-refractivity contribution in [1.29, 1.82) is 0 Å². The Balaban J connectivity index is 2.05. The van der Waals surface area contributed by atoms with Crippen LogP contribution in [0.4, 0.5) is 11.5 Å². The third-order valence-electron chi connectivity index (χ3n) is 3.27. The van der Waals surface area contributed by atoms with Crippen LogP contribution in [0.1, 0.15) is 25.7 Å². The third kappa shape index (κ3) is 2.44. The lowest BCUT2D eigenvalue weighted by Gasteiger charge is -2.30. The zero-order valence-electron chi connectivity index (χ0n) is 9.69. The molecule has 1 saturated carbocycles. The van der Waals surface area contributed by atoms with Crippen LogP contribution in [0.3, 0.4) is 0 Å². The van der Waals surface area contributed by atoms with E-state index in [-0.39, 0.29) is 0 Å². The van der Waals surface area contributed by atoms with Crippen LogP contribution in [0.5, 0.6) is 0 Å². The van der Waals surface area contributed by atoms with Crippen molar-refractivity contribution in [2.24, 2.45) is 0 Å². The molecule has 1 aromatic heterocycles. The maximum Gasteiger partial charge on any atom is 0.125 e. The molecule has 0 atom stereocenters. The fourth-order valence-corrected chi connectivity index (χ4v) is 2.40. The van der Waals surface area contributed by atoms with E-state index in [1.165, 1.54) is 0 Å². The van der Waals surface area contributed by atoms with Crippen LogP contribution >= 0.6 is 0 Å². The highest BCUT2D eigenvalue weighted by Gasteiger charge is 2.32. The minimum atomic E-state index is -0.521. The number of nitrogens with zero attached hydrogens (tertiary/aromatic N) is 2. The van der Waals surface area contributed by atoms with Gasteiger partial charge in [-0.2, -0.15) is 0 Å². The summed E-state index contributed by atoms with van der Waals surface area (Å²) in [6.45, 7) is 0.663. The van der Waals surface area contributed by atoms with Crippen LogP contribution in [-0.4, -0.2) is 29.3 Å². The molecular formula is C12H19N3O. The summed E-state index contributed by atoms with van der Waals surface area (Å²) in [6, 6.07) is 3.74. The van der Waals surface area contributed by atoms with E-state index in [0.717, 1.165) is 31.4 Å². The van der Waals surface area contributed by atoms with Gasteiger partial charge >= 0.3 is 0 Å². The predicted octanol–water partition coefficient (Wildman–Crippen LogP) is 1.41. The normalized spacial score (nSPS) is 18.6. The van der Waals surface area contributed by atoms with Crippen molar-refractivity contribution in [1.82, 2.24) is 4.98 Å². The molecule has 0 radical (unpaired) electrons. The van der Waals surface area contributed by atoms with Crippen LogP contribution < -0.4 is 10.6 Å². The molecule has 0 amide bonds. The van der Waals surface area contributed by atoms with Crippen molar-refractivity contribution in [2.45, 2.75) is 31.3 Å². The number of nitrogens with two attached hydrogens (primary N) is 1. The topological polar surface area (TPSA) is 62.4 Å². The van der Waals surface area contributed by atoms with Crippen LogP contribution in [0, 0.1) is 0 Å². The van der Waals surface area contributed by atoms with Gasteiger partial charge in [-0.3, -0.25) is 0 Å².